The molecule has 0 aromatic carbocycles. The number of nitrogens with zero attached hydrogens (tertiary/aromatic N) is 5. The van der Waals surface area contributed by atoms with Crippen molar-refractivity contribution in [3.63, 3.8) is 0 Å². The first-order valence-electron chi connectivity index (χ1n) is 8.89. The first-order chi connectivity index (χ1) is 13.0. The third-order valence-electron chi connectivity index (χ3n) is 4.27. The lowest BCUT2D eigenvalue weighted by Gasteiger charge is -2.37. The van der Waals surface area contributed by atoms with E-state index in [1.807, 2.05) is 0 Å². The topological polar surface area (TPSA) is 145 Å². The van der Waals surface area contributed by atoms with Gasteiger partial charge in [-0.1, -0.05) is 11.5 Å². The number of aliphatic carboxylic acids is 1. The molecule has 1 heterocycles. The van der Waals surface area contributed by atoms with Gasteiger partial charge in [0.15, 0.2) is 0 Å². The molecule has 152 valence electrons. The molecule has 27 heavy (non-hydrogen) atoms. The second-order valence-electron chi connectivity index (χ2n) is 6.15. The van der Waals surface area contributed by atoms with Gasteiger partial charge >= 0.3 is 11.9 Å². The minimum Gasteiger partial charge on any atom is -0.480 e. The maximum Gasteiger partial charge on any atom is 0.332 e. The van der Waals surface area contributed by atoms with Gasteiger partial charge in [-0.25, -0.2) is 4.79 Å². The largest absolute Gasteiger partial charge is 0.480 e. The highest BCUT2D eigenvalue weighted by atomic mass is 16.6. The van der Waals surface area contributed by atoms with E-state index in [0.29, 0.717) is 39.1 Å². The van der Waals surface area contributed by atoms with Crippen LogP contribution in [0.15, 0.2) is 5.11 Å². The van der Waals surface area contributed by atoms with E-state index in [0.717, 1.165) is 19.3 Å². The van der Waals surface area contributed by atoms with Crippen LogP contribution in [0.4, 0.5) is 0 Å². The number of hydrogen-bond acceptors (Lipinski definition) is 7. The average molecular weight is 385 g/mol. The van der Waals surface area contributed by atoms with Gasteiger partial charge in [0.2, 0.25) is 5.91 Å². The van der Waals surface area contributed by atoms with Gasteiger partial charge in [0.05, 0.1) is 0 Å². The normalized spacial score (nSPS) is 15.7. The highest BCUT2D eigenvalue weighted by molar-refractivity contribution is 5.77. The van der Waals surface area contributed by atoms with Crippen molar-refractivity contribution in [2.24, 2.45) is 5.11 Å². The highest BCUT2D eigenvalue weighted by Crippen LogP contribution is 2.11. The van der Waals surface area contributed by atoms with Crippen LogP contribution in [0.3, 0.4) is 0 Å². The number of carboxylic acid groups (broad SMARTS) is 1. The maximum atomic E-state index is 12.2. The summed E-state index contributed by atoms with van der Waals surface area (Å²) in [6.07, 6.45) is 2.73. The fourth-order valence-corrected chi connectivity index (χ4v) is 2.79. The molecule has 0 radical (unpaired) electrons. The van der Waals surface area contributed by atoms with Gasteiger partial charge in [0.1, 0.15) is 19.3 Å². The fraction of sp³-hybridized carbons (Fsp3) is 0.812. The molecule has 1 N–H and O–H groups in total. The fourth-order valence-electron chi connectivity index (χ4n) is 2.79. The van der Waals surface area contributed by atoms with Gasteiger partial charge in [-0.2, -0.15) is 0 Å². The lowest BCUT2D eigenvalue weighted by Crippen LogP contribution is -2.55. The number of ether oxygens (including phenoxy) is 2. The molecule has 0 spiro atoms. The molecule has 1 amide bonds. The van der Waals surface area contributed by atoms with Crippen molar-refractivity contribution in [3.8, 4) is 0 Å². The van der Waals surface area contributed by atoms with Gasteiger partial charge in [0, 0.05) is 51.2 Å². The molecule has 11 nitrogen and oxygen atoms in total. The monoisotopic (exact) mass is 385 g/mol. The number of methoxy groups -OCH3 is 1. The van der Waals surface area contributed by atoms with Gasteiger partial charge in [0.25, 0.3) is 0 Å². The van der Waals surface area contributed by atoms with Crippen LogP contribution in [0.25, 0.3) is 10.4 Å². The summed E-state index contributed by atoms with van der Waals surface area (Å²) in [6, 6.07) is -0.941. The predicted molar refractivity (Wildman–Crippen MR) is 94.9 cm³/mol. The van der Waals surface area contributed by atoms with Gasteiger partial charge in [-0.3, -0.25) is 14.5 Å². The molecule has 1 saturated heterocycles. The van der Waals surface area contributed by atoms with E-state index in [9.17, 15) is 19.5 Å². The van der Waals surface area contributed by atoms with Crippen LogP contribution >= 0.6 is 0 Å². The number of esters is 1. The van der Waals surface area contributed by atoms with E-state index in [-0.39, 0.29) is 19.1 Å². The van der Waals surface area contributed by atoms with Crippen molar-refractivity contribution >= 4 is 17.8 Å². The van der Waals surface area contributed by atoms with E-state index in [1.54, 1.807) is 9.80 Å². The standard InChI is InChI=1S/C16H27N5O6/c1-26-12-15(23)27-11-13(16(24)25)20-7-9-21(10-8-20)14(22)5-3-2-4-6-18-19-17/h13H,2-12H2,1H3,(H,24,25). The Kier molecular flexibility index (Phi) is 10.8. The molecule has 0 bridgehead atoms. The van der Waals surface area contributed by atoms with E-state index < -0.39 is 18.0 Å². The molecule has 1 rings (SSSR count). The lowest BCUT2D eigenvalue weighted by molar-refractivity contribution is -0.156. The third kappa shape index (κ3) is 8.72. The minimum atomic E-state index is -1.07. The molecule has 11 heteroatoms. The molecule has 1 atom stereocenters. The third-order valence-corrected chi connectivity index (χ3v) is 4.27. The molecule has 0 aromatic rings. The Labute approximate surface area is 157 Å². The quantitative estimate of drug-likeness (QED) is 0.171. The van der Waals surface area contributed by atoms with E-state index >= 15 is 0 Å². The summed E-state index contributed by atoms with van der Waals surface area (Å²) < 4.78 is 9.57. The number of amides is 1. The number of piperazine rings is 1. The SMILES string of the molecule is COCC(=O)OCC(C(=O)O)N1CCN(C(=O)CCCCCN=[N+]=[N-])CC1. The summed E-state index contributed by atoms with van der Waals surface area (Å²) in [4.78, 5) is 41.1. The Bertz CT molecular complexity index is 543. The van der Waals surface area contributed by atoms with Crippen molar-refractivity contribution in [2.45, 2.75) is 31.7 Å². The maximum absolute atomic E-state index is 12.2. The predicted octanol–water partition coefficient (Wildman–Crippen LogP) is 0.644. The number of azide groups is 1. The van der Waals surface area contributed by atoms with Crippen LogP contribution in [0.5, 0.6) is 0 Å². The Balaban J connectivity index is 2.35. The molecule has 0 aliphatic carbocycles. The summed E-state index contributed by atoms with van der Waals surface area (Å²) in [5.74, 6) is -1.64. The van der Waals surface area contributed by atoms with Crippen molar-refractivity contribution in [2.75, 3.05) is 53.0 Å². The van der Waals surface area contributed by atoms with Crippen molar-refractivity contribution < 1.29 is 29.0 Å². The zero-order chi connectivity index (χ0) is 20.1. The molecule has 0 saturated carbocycles. The molecular formula is C16H27N5O6. The van der Waals surface area contributed by atoms with Crippen LogP contribution in [0, 0.1) is 0 Å². The second-order valence-corrected chi connectivity index (χ2v) is 6.15. The first-order valence-corrected chi connectivity index (χ1v) is 8.89. The van der Waals surface area contributed by atoms with Crippen molar-refractivity contribution in [1.82, 2.24) is 9.80 Å². The smallest absolute Gasteiger partial charge is 0.332 e. The summed E-state index contributed by atoms with van der Waals surface area (Å²) in [5, 5.41) is 12.8. The summed E-state index contributed by atoms with van der Waals surface area (Å²) in [5.41, 5.74) is 8.19. The zero-order valence-electron chi connectivity index (χ0n) is 15.6. The van der Waals surface area contributed by atoms with Crippen LogP contribution in [-0.4, -0.2) is 91.8 Å². The minimum absolute atomic E-state index is 0.0387. The first kappa shape index (κ1) is 22.7. The van der Waals surface area contributed by atoms with E-state index in [2.05, 4.69) is 14.8 Å². The van der Waals surface area contributed by atoms with Crippen LogP contribution in [0.1, 0.15) is 25.7 Å². The van der Waals surface area contributed by atoms with E-state index in [4.69, 9.17) is 10.3 Å². The van der Waals surface area contributed by atoms with Crippen LogP contribution in [-0.2, 0) is 23.9 Å². The Morgan fingerprint density at radius 3 is 2.48 bits per heavy atom. The van der Waals surface area contributed by atoms with Gasteiger partial charge < -0.3 is 19.5 Å². The van der Waals surface area contributed by atoms with Crippen LogP contribution < -0.4 is 0 Å². The Morgan fingerprint density at radius 1 is 1.19 bits per heavy atom. The summed E-state index contributed by atoms with van der Waals surface area (Å²) in [6.45, 7) is 1.65. The zero-order valence-corrected chi connectivity index (χ0v) is 15.6. The van der Waals surface area contributed by atoms with Crippen molar-refractivity contribution in [3.05, 3.63) is 10.4 Å². The molecule has 1 fully saturated rings. The molecular weight excluding hydrogens is 358 g/mol. The van der Waals surface area contributed by atoms with E-state index in [1.165, 1.54) is 7.11 Å². The number of carbonyl (C=O) groups is 3. The summed E-state index contributed by atoms with van der Waals surface area (Å²) >= 11 is 0. The molecule has 0 aromatic heterocycles. The van der Waals surface area contributed by atoms with Gasteiger partial charge in [-0.15, -0.1) is 0 Å². The number of rotatable bonds is 12. The molecule has 1 aliphatic rings. The van der Waals surface area contributed by atoms with Crippen molar-refractivity contribution in [1.29, 1.82) is 0 Å². The average Bonchev–Trinajstić information content (AvgIpc) is 2.65. The highest BCUT2D eigenvalue weighted by Gasteiger charge is 2.31. The number of carbonyl (C=O) groups excluding carboxylic acids is 2. The number of unbranched alkanes of at least 4 members (excludes halogenated alkanes) is 2. The number of carboxylic acids is 1. The van der Waals surface area contributed by atoms with Crippen LogP contribution in [0.2, 0.25) is 0 Å². The molecule has 1 aliphatic heterocycles. The number of hydrogen-bond donors (Lipinski definition) is 1. The summed E-state index contributed by atoms with van der Waals surface area (Å²) in [7, 11) is 1.35. The lowest BCUT2D eigenvalue weighted by atomic mass is 10.1. The molecule has 1 unspecified atom stereocenters. The second kappa shape index (κ2) is 12.9. The van der Waals surface area contributed by atoms with Gasteiger partial charge in [-0.05, 0) is 18.4 Å². The Hall–Kier alpha value is -2.36. The Morgan fingerprint density at radius 2 is 1.89 bits per heavy atom.